The molecule has 0 spiro atoms. The molecule has 0 radical (unpaired) electrons. The summed E-state index contributed by atoms with van der Waals surface area (Å²) in [6.45, 7) is 7.83. The van der Waals surface area contributed by atoms with Crippen LogP contribution in [0.1, 0.15) is 37.1 Å². The summed E-state index contributed by atoms with van der Waals surface area (Å²) in [7, 11) is 0. The van der Waals surface area contributed by atoms with E-state index in [4.69, 9.17) is 0 Å². The van der Waals surface area contributed by atoms with Gasteiger partial charge in [-0.25, -0.2) is 4.98 Å². The normalized spacial score (nSPS) is 12.0. The second-order valence-electron chi connectivity index (χ2n) is 5.79. The molecule has 1 amide bonds. The van der Waals surface area contributed by atoms with E-state index in [1.165, 1.54) is 17.8 Å². The molecule has 1 heterocycles. The van der Waals surface area contributed by atoms with Crippen LogP contribution in [0.2, 0.25) is 0 Å². The lowest BCUT2D eigenvalue weighted by molar-refractivity contribution is -0.115. The first-order chi connectivity index (χ1) is 11.4. The highest BCUT2D eigenvalue weighted by molar-refractivity contribution is 8.00. The predicted octanol–water partition coefficient (Wildman–Crippen LogP) is 3.46. The van der Waals surface area contributed by atoms with Crippen molar-refractivity contribution in [3.63, 3.8) is 0 Å². The monoisotopic (exact) mass is 345 g/mol. The van der Waals surface area contributed by atoms with Crippen molar-refractivity contribution in [1.29, 1.82) is 0 Å². The predicted molar refractivity (Wildman–Crippen MR) is 98.7 cm³/mol. The Bertz CT molecular complexity index is 786. The number of nitrogens with one attached hydrogen (secondary N) is 2. The largest absolute Gasteiger partial charge is 0.325 e. The lowest BCUT2D eigenvalue weighted by atomic mass is 10.1. The van der Waals surface area contributed by atoms with Crippen LogP contribution in [-0.4, -0.2) is 21.1 Å². The minimum Gasteiger partial charge on any atom is -0.325 e. The molecular weight excluding hydrogens is 322 g/mol. The van der Waals surface area contributed by atoms with Crippen molar-refractivity contribution in [2.75, 3.05) is 5.32 Å². The van der Waals surface area contributed by atoms with Crippen LogP contribution in [0.4, 0.5) is 5.69 Å². The first kappa shape index (κ1) is 18.3. The standard InChI is InChI=1S/C18H23N3O2S/c1-5-7-14-10-16(22)21-18(19-14)24-13(4)17(23)20-15-9-6-8-11(2)12(15)3/h6,8-10,13H,5,7H2,1-4H3,(H,20,23)(H,19,21,22). The third-order valence-corrected chi connectivity index (χ3v) is 4.78. The fraction of sp³-hybridized carbons (Fsp3) is 0.389. The lowest BCUT2D eigenvalue weighted by Gasteiger charge is -2.14. The minimum absolute atomic E-state index is 0.114. The molecule has 0 aliphatic carbocycles. The zero-order chi connectivity index (χ0) is 17.7. The highest BCUT2D eigenvalue weighted by Crippen LogP contribution is 2.22. The van der Waals surface area contributed by atoms with Gasteiger partial charge in [-0.1, -0.05) is 37.2 Å². The first-order valence-electron chi connectivity index (χ1n) is 8.04. The highest BCUT2D eigenvalue weighted by atomic mass is 32.2. The van der Waals surface area contributed by atoms with Gasteiger partial charge < -0.3 is 10.3 Å². The number of carbonyl (C=O) groups excluding carboxylic acids is 1. The van der Waals surface area contributed by atoms with Crippen molar-refractivity contribution in [3.05, 3.63) is 51.4 Å². The average Bonchev–Trinajstić information content (AvgIpc) is 2.51. The van der Waals surface area contributed by atoms with E-state index in [1.807, 2.05) is 39.0 Å². The number of thioether (sulfide) groups is 1. The number of rotatable bonds is 6. The quantitative estimate of drug-likeness (QED) is 0.621. The molecule has 0 fully saturated rings. The topological polar surface area (TPSA) is 74.8 Å². The number of hydrogen-bond donors (Lipinski definition) is 2. The molecule has 1 aromatic heterocycles. The molecule has 2 aromatic rings. The summed E-state index contributed by atoms with van der Waals surface area (Å²) in [6.07, 6.45) is 1.67. The van der Waals surface area contributed by atoms with Gasteiger partial charge in [0.05, 0.1) is 5.25 Å². The van der Waals surface area contributed by atoms with E-state index in [9.17, 15) is 9.59 Å². The van der Waals surface area contributed by atoms with E-state index in [1.54, 1.807) is 6.92 Å². The number of hydrogen-bond acceptors (Lipinski definition) is 4. The third-order valence-electron chi connectivity index (χ3n) is 3.80. The van der Waals surface area contributed by atoms with Gasteiger partial charge in [0.2, 0.25) is 5.91 Å². The maximum atomic E-state index is 12.4. The van der Waals surface area contributed by atoms with E-state index < -0.39 is 0 Å². The zero-order valence-electron chi connectivity index (χ0n) is 14.5. The maximum absolute atomic E-state index is 12.4. The van der Waals surface area contributed by atoms with Crippen LogP contribution < -0.4 is 10.9 Å². The molecule has 0 saturated heterocycles. The van der Waals surface area contributed by atoms with E-state index >= 15 is 0 Å². The van der Waals surface area contributed by atoms with E-state index in [-0.39, 0.29) is 16.7 Å². The number of anilines is 1. The summed E-state index contributed by atoms with van der Waals surface area (Å²) in [5, 5.41) is 3.06. The van der Waals surface area contributed by atoms with Gasteiger partial charge in [0.15, 0.2) is 5.16 Å². The van der Waals surface area contributed by atoms with Crippen LogP contribution in [0.3, 0.4) is 0 Å². The Labute approximate surface area is 146 Å². The molecule has 24 heavy (non-hydrogen) atoms. The summed E-state index contributed by atoms with van der Waals surface area (Å²) in [6, 6.07) is 7.33. The van der Waals surface area contributed by atoms with Crippen LogP contribution in [-0.2, 0) is 11.2 Å². The lowest BCUT2D eigenvalue weighted by Crippen LogP contribution is -2.24. The van der Waals surface area contributed by atoms with E-state index in [2.05, 4.69) is 15.3 Å². The number of carbonyl (C=O) groups is 1. The van der Waals surface area contributed by atoms with Crippen LogP contribution in [0, 0.1) is 13.8 Å². The SMILES string of the molecule is CCCc1cc(=O)[nH]c(SC(C)C(=O)Nc2cccc(C)c2C)n1. The Hall–Kier alpha value is -2.08. The molecule has 0 bridgehead atoms. The number of aromatic amines is 1. The number of aryl methyl sites for hydroxylation is 2. The number of amides is 1. The summed E-state index contributed by atoms with van der Waals surface area (Å²) >= 11 is 1.26. The molecule has 0 aliphatic heterocycles. The number of nitrogens with zero attached hydrogens (tertiary/aromatic N) is 1. The molecule has 1 aromatic carbocycles. The summed E-state index contributed by atoms with van der Waals surface area (Å²) in [5.41, 5.74) is 3.57. The number of aromatic nitrogens is 2. The van der Waals surface area contributed by atoms with E-state index in [0.717, 1.165) is 35.3 Å². The van der Waals surface area contributed by atoms with Gasteiger partial charge in [-0.3, -0.25) is 9.59 Å². The van der Waals surface area contributed by atoms with Crippen molar-refractivity contribution in [2.45, 2.75) is 50.9 Å². The molecule has 1 unspecified atom stereocenters. The Balaban J connectivity index is 2.09. The Morgan fingerprint density at radius 2 is 2.12 bits per heavy atom. The Kier molecular flexibility index (Phi) is 6.20. The Morgan fingerprint density at radius 1 is 1.38 bits per heavy atom. The van der Waals surface area contributed by atoms with Crippen molar-refractivity contribution in [2.24, 2.45) is 0 Å². The van der Waals surface area contributed by atoms with Gasteiger partial charge in [-0.05, 0) is 44.4 Å². The van der Waals surface area contributed by atoms with Gasteiger partial charge in [-0.15, -0.1) is 0 Å². The zero-order valence-corrected chi connectivity index (χ0v) is 15.3. The average molecular weight is 345 g/mol. The number of benzene rings is 1. The summed E-state index contributed by atoms with van der Waals surface area (Å²) in [4.78, 5) is 31.2. The summed E-state index contributed by atoms with van der Waals surface area (Å²) in [5.74, 6) is -0.114. The fourth-order valence-corrected chi connectivity index (χ4v) is 3.10. The van der Waals surface area contributed by atoms with Gasteiger partial charge in [0, 0.05) is 17.4 Å². The molecule has 2 N–H and O–H groups in total. The second kappa shape index (κ2) is 8.15. The fourth-order valence-electron chi connectivity index (χ4n) is 2.27. The van der Waals surface area contributed by atoms with Crippen molar-refractivity contribution >= 4 is 23.4 Å². The van der Waals surface area contributed by atoms with Crippen molar-refractivity contribution < 1.29 is 4.79 Å². The van der Waals surface area contributed by atoms with Crippen LogP contribution in [0.5, 0.6) is 0 Å². The first-order valence-corrected chi connectivity index (χ1v) is 8.92. The molecule has 1 atom stereocenters. The van der Waals surface area contributed by atoms with Gasteiger partial charge >= 0.3 is 0 Å². The van der Waals surface area contributed by atoms with Gasteiger partial charge in [0.1, 0.15) is 0 Å². The van der Waals surface area contributed by atoms with Crippen LogP contribution >= 0.6 is 11.8 Å². The Morgan fingerprint density at radius 3 is 2.83 bits per heavy atom. The molecule has 128 valence electrons. The van der Waals surface area contributed by atoms with Crippen LogP contribution in [0.15, 0.2) is 34.2 Å². The van der Waals surface area contributed by atoms with Crippen molar-refractivity contribution in [3.8, 4) is 0 Å². The number of H-pyrrole nitrogens is 1. The maximum Gasteiger partial charge on any atom is 0.251 e. The molecule has 2 rings (SSSR count). The summed E-state index contributed by atoms with van der Waals surface area (Å²) < 4.78 is 0. The molecule has 0 aliphatic rings. The molecule has 0 saturated carbocycles. The van der Waals surface area contributed by atoms with Crippen molar-refractivity contribution in [1.82, 2.24) is 9.97 Å². The van der Waals surface area contributed by atoms with Gasteiger partial charge in [0.25, 0.3) is 5.56 Å². The van der Waals surface area contributed by atoms with E-state index in [0.29, 0.717) is 5.16 Å². The van der Waals surface area contributed by atoms with Crippen LogP contribution in [0.25, 0.3) is 0 Å². The minimum atomic E-state index is -0.370. The molecule has 6 heteroatoms. The second-order valence-corrected chi connectivity index (χ2v) is 7.12. The highest BCUT2D eigenvalue weighted by Gasteiger charge is 2.17. The smallest absolute Gasteiger partial charge is 0.251 e. The van der Waals surface area contributed by atoms with Gasteiger partial charge in [-0.2, -0.15) is 0 Å². The molecular formula is C18H23N3O2S. The molecule has 5 nitrogen and oxygen atoms in total. The third kappa shape index (κ3) is 4.71.